The molecule has 2 aliphatic heterocycles. The van der Waals surface area contributed by atoms with E-state index in [1.54, 1.807) is 7.11 Å². The second-order valence-corrected chi connectivity index (χ2v) is 4.98. The third-order valence-corrected chi connectivity index (χ3v) is 3.60. The van der Waals surface area contributed by atoms with Gasteiger partial charge in [-0.15, -0.1) is 0 Å². The van der Waals surface area contributed by atoms with E-state index in [-0.39, 0.29) is 12.0 Å². The number of hydrogen-bond donors (Lipinski definition) is 1. The first kappa shape index (κ1) is 11.5. The standard InChI is InChI=1S/C14H17NO3/c1-8-5-9-6-10(7-17-2)18-14(9)11-3-4-12(16)15-13(8)11/h5,10H,3-4,6-7H2,1-2H3,(H,15,16). The van der Waals surface area contributed by atoms with Gasteiger partial charge in [0.1, 0.15) is 11.9 Å². The molecule has 1 aromatic carbocycles. The zero-order valence-corrected chi connectivity index (χ0v) is 10.7. The van der Waals surface area contributed by atoms with E-state index >= 15 is 0 Å². The molecule has 3 rings (SSSR count). The van der Waals surface area contributed by atoms with Gasteiger partial charge >= 0.3 is 0 Å². The summed E-state index contributed by atoms with van der Waals surface area (Å²) in [5.74, 6) is 1.06. The number of hydrogen-bond acceptors (Lipinski definition) is 3. The van der Waals surface area contributed by atoms with Crippen molar-refractivity contribution >= 4 is 11.6 Å². The summed E-state index contributed by atoms with van der Waals surface area (Å²) in [7, 11) is 1.69. The van der Waals surface area contributed by atoms with Gasteiger partial charge in [0, 0.05) is 25.5 Å². The van der Waals surface area contributed by atoms with Crippen molar-refractivity contribution in [2.24, 2.45) is 0 Å². The molecule has 0 aromatic heterocycles. The largest absolute Gasteiger partial charge is 0.487 e. The average Bonchev–Trinajstić information content (AvgIpc) is 2.72. The van der Waals surface area contributed by atoms with Crippen molar-refractivity contribution in [3.8, 4) is 5.75 Å². The highest BCUT2D eigenvalue weighted by molar-refractivity contribution is 5.95. The highest BCUT2D eigenvalue weighted by Gasteiger charge is 2.30. The molecule has 1 atom stereocenters. The number of fused-ring (bicyclic) bond motifs is 3. The van der Waals surface area contributed by atoms with Crippen LogP contribution in [0.25, 0.3) is 0 Å². The number of rotatable bonds is 2. The van der Waals surface area contributed by atoms with Crippen LogP contribution in [0.1, 0.15) is 23.1 Å². The predicted molar refractivity (Wildman–Crippen MR) is 68.1 cm³/mol. The highest BCUT2D eigenvalue weighted by Crippen LogP contribution is 2.41. The third kappa shape index (κ3) is 1.77. The van der Waals surface area contributed by atoms with Crippen LogP contribution in [-0.2, 0) is 22.4 Å². The second-order valence-electron chi connectivity index (χ2n) is 4.98. The maximum Gasteiger partial charge on any atom is 0.224 e. The molecule has 4 heteroatoms. The lowest BCUT2D eigenvalue weighted by Crippen LogP contribution is -2.21. The van der Waals surface area contributed by atoms with Gasteiger partial charge in [0.2, 0.25) is 5.91 Å². The Hall–Kier alpha value is -1.55. The Balaban J connectivity index is 2.00. The minimum absolute atomic E-state index is 0.0944. The van der Waals surface area contributed by atoms with E-state index in [1.165, 1.54) is 5.56 Å². The summed E-state index contributed by atoms with van der Waals surface area (Å²) in [6, 6.07) is 2.12. The number of amides is 1. The van der Waals surface area contributed by atoms with E-state index in [0.717, 1.165) is 35.4 Å². The molecule has 1 N–H and O–H groups in total. The van der Waals surface area contributed by atoms with Crippen LogP contribution in [-0.4, -0.2) is 25.7 Å². The lowest BCUT2D eigenvalue weighted by atomic mass is 9.95. The van der Waals surface area contributed by atoms with E-state index in [0.29, 0.717) is 13.0 Å². The molecule has 2 aliphatic rings. The Kier molecular flexibility index (Phi) is 2.74. The first-order valence-corrected chi connectivity index (χ1v) is 6.30. The van der Waals surface area contributed by atoms with Gasteiger partial charge in [-0.25, -0.2) is 0 Å². The molecule has 18 heavy (non-hydrogen) atoms. The average molecular weight is 247 g/mol. The number of ether oxygens (including phenoxy) is 2. The molecule has 0 spiro atoms. The van der Waals surface area contributed by atoms with E-state index in [4.69, 9.17) is 9.47 Å². The molecule has 0 saturated heterocycles. The lowest BCUT2D eigenvalue weighted by Gasteiger charge is -2.21. The summed E-state index contributed by atoms with van der Waals surface area (Å²) in [6.07, 6.45) is 2.31. The first-order valence-electron chi connectivity index (χ1n) is 6.30. The number of carbonyl (C=O) groups is 1. The quantitative estimate of drug-likeness (QED) is 0.867. The fourth-order valence-corrected chi connectivity index (χ4v) is 2.83. The smallest absolute Gasteiger partial charge is 0.224 e. The molecule has 4 nitrogen and oxygen atoms in total. The van der Waals surface area contributed by atoms with Gasteiger partial charge in [-0.05, 0) is 24.5 Å². The molecule has 0 aliphatic carbocycles. The van der Waals surface area contributed by atoms with Crippen molar-refractivity contribution in [1.82, 2.24) is 0 Å². The van der Waals surface area contributed by atoms with Crippen molar-refractivity contribution < 1.29 is 14.3 Å². The Labute approximate surface area is 106 Å². The molecule has 0 fully saturated rings. The normalized spacial score (nSPS) is 21.0. The summed E-state index contributed by atoms with van der Waals surface area (Å²) >= 11 is 0. The molecule has 1 amide bonds. The summed E-state index contributed by atoms with van der Waals surface area (Å²) in [4.78, 5) is 11.5. The van der Waals surface area contributed by atoms with Crippen molar-refractivity contribution in [3.63, 3.8) is 0 Å². The van der Waals surface area contributed by atoms with Gasteiger partial charge in [0.15, 0.2) is 0 Å². The van der Waals surface area contributed by atoms with E-state index in [2.05, 4.69) is 11.4 Å². The molecular formula is C14H17NO3. The molecule has 2 heterocycles. The predicted octanol–water partition coefficient (Wildman–Crippen LogP) is 1.83. The Morgan fingerprint density at radius 3 is 3.11 bits per heavy atom. The number of carbonyl (C=O) groups excluding carboxylic acids is 1. The molecule has 96 valence electrons. The van der Waals surface area contributed by atoms with Crippen LogP contribution in [0.2, 0.25) is 0 Å². The SMILES string of the molecule is COCC1Cc2cc(C)c3c(c2O1)CCC(=O)N3. The second kappa shape index (κ2) is 4.28. The van der Waals surface area contributed by atoms with Crippen molar-refractivity contribution in [2.45, 2.75) is 32.3 Å². The summed E-state index contributed by atoms with van der Waals surface area (Å²) < 4.78 is 11.1. The van der Waals surface area contributed by atoms with Gasteiger partial charge in [0.05, 0.1) is 12.3 Å². The van der Waals surface area contributed by atoms with Gasteiger partial charge < -0.3 is 14.8 Å². The van der Waals surface area contributed by atoms with Gasteiger partial charge in [-0.1, -0.05) is 6.07 Å². The fraction of sp³-hybridized carbons (Fsp3) is 0.500. The molecule has 0 radical (unpaired) electrons. The number of methoxy groups -OCH3 is 1. The molecule has 0 saturated carbocycles. The molecular weight excluding hydrogens is 230 g/mol. The number of nitrogens with one attached hydrogen (secondary N) is 1. The zero-order chi connectivity index (χ0) is 12.7. The molecule has 0 bridgehead atoms. The third-order valence-electron chi connectivity index (χ3n) is 3.60. The number of benzene rings is 1. The maximum absolute atomic E-state index is 11.5. The van der Waals surface area contributed by atoms with E-state index in [1.807, 2.05) is 6.92 Å². The number of anilines is 1. The molecule has 1 aromatic rings. The van der Waals surface area contributed by atoms with Crippen LogP contribution >= 0.6 is 0 Å². The minimum Gasteiger partial charge on any atom is -0.487 e. The van der Waals surface area contributed by atoms with Crippen molar-refractivity contribution in [2.75, 3.05) is 19.0 Å². The summed E-state index contributed by atoms with van der Waals surface area (Å²) in [6.45, 7) is 2.64. The van der Waals surface area contributed by atoms with Gasteiger partial charge in [-0.3, -0.25) is 4.79 Å². The van der Waals surface area contributed by atoms with Crippen LogP contribution < -0.4 is 10.1 Å². The van der Waals surface area contributed by atoms with Gasteiger partial charge in [-0.2, -0.15) is 0 Å². The Morgan fingerprint density at radius 1 is 1.50 bits per heavy atom. The minimum atomic E-state index is 0.0944. The molecule has 1 unspecified atom stereocenters. The monoisotopic (exact) mass is 247 g/mol. The fourth-order valence-electron chi connectivity index (χ4n) is 2.83. The van der Waals surface area contributed by atoms with Crippen LogP contribution in [0.3, 0.4) is 0 Å². The Bertz CT molecular complexity index is 510. The lowest BCUT2D eigenvalue weighted by molar-refractivity contribution is -0.116. The maximum atomic E-state index is 11.5. The van der Waals surface area contributed by atoms with E-state index in [9.17, 15) is 4.79 Å². The van der Waals surface area contributed by atoms with Crippen molar-refractivity contribution in [1.29, 1.82) is 0 Å². The topological polar surface area (TPSA) is 47.6 Å². The van der Waals surface area contributed by atoms with E-state index < -0.39 is 0 Å². The summed E-state index contributed by atoms with van der Waals surface area (Å²) in [5, 5.41) is 2.95. The van der Waals surface area contributed by atoms with Crippen LogP contribution in [0.4, 0.5) is 5.69 Å². The summed E-state index contributed by atoms with van der Waals surface area (Å²) in [5.41, 5.74) is 4.47. The highest BCUT2D eigenvalue weighted by atomic mass is 16.5. The zero-order valence-electron chi connectivity index (χ0n) is 10.7. The van der Waals surface area contributed by atoms with Crippen LogP contribution in [0, 0.1) is 6.92 Å². The first-order chi connectivity index (χ1) is 8.69. The van der Waals surface area contributed by atoms with Gasteiger partial charge in [0.25, 0.3) is 0 Å². The Morgan fingerprint density at radius 2 is 2.33 bits per heavy atom. The van der Waals surface area contributed by atoms with Crippen molar-refractivity contribution in [3.05, 3.63) is 22.8 Å². The number of aryl methyl sites for hydroxylation is 1. The van der Waals surface area contributed by atoms with Crippen LogP contribution in [0.5, 0.6) is 5.75 Å². The van der Waals surface area contributed by atoms with Crippen LogP contribution in [0.15, 0.2) is 6.07 Å².